The average Bonchev–Trinajstić information content (AvgIpc) is 2.55. The first-order chi connectivity index (χ1) is 10.2. The molecule has 3 rings (SSSR count). The normalized spacial score (nSPS) is 16.3. The van der Waals surface area contributed by atoms with Crippen molar-refractivity contribution in [2.75, 3.05) is 19.6 Å². The second-order valence-corrected chi connectivity index (χ2v) is 5.42. The van der Waals surface area contributed by atoms with E-state index in [2.05, 4.69) is 10.2 Å². The Bertz CT molecular complexity index is 717. The second kappa shape index (κ2) is 5.65. The maximum atomic E-state index is 12.6. The Labute approximate surface area is 121 Å². The molecule has 1 aromatic carbocycles. The molecule has 0 saturated carbocycles. The number of hydrogen-bond acceptors (Lipinski definition) is 4. The zero-order valence-corrected chi connectivity index (χ0v) is 11.7. The van der Waals surface area contributed by atoms with Crippen LogP contribution in [0.5, 0.6) is 0 Å². The summed E-state index contributed by atoms with van der Waals surface area (Å²) < 4.78 is 0. The van der Waals surface area contributed by atoms with Crippen LogP contribution in [0.15, 0.2) is 29.1 Å². The highest BCUT2D eigenvalue weighted by molar-refractivity contribution is 6.04. The molecule has 0 unspecified atom stereocenters. The van der Waals surface area contributed by atoms with E-state index < -0.39 is 0 Å². The smallest absolute Gasteiger partial charge is 0.274 e. The van der Waals surface area contributed by atoms with Crippen LogP contribution in [0.4, 0.5) is 0 Å². The van der Waals surface area contributed by atoms with E-state index >= 15 is 0 Å². The minimum absolute atomic E-state index is 0.127. The lowest BCUT2D eigenvalue weighted by Crippen LogP contribution is -2.40. The highest BCUT2D eigenvalue weighted by Crippen LogP contribution is 2.20. The Kier molecular flexibility index (Phi) is 3.70. The summed E-state index contributed by atoms with van der Waals surface area (Å²) >= 11 is 0. The fourth-order valence-corrected chi connectivity index (χ4v) is 2.80. The number of aromatic amines is 1. The lowest BCUT2D eigenvalue weighted by atomic mass is 9.97. The van der Waals surface area contributed by atoms with Crippen molar-refractivity contribution < 1.29 is 4.79 Å². The van der Waals surface area contributed by atoms with Crippen LogP contribution in [-0.4, -0.2) is 40.6 Å². The van der Waals surface area contributed by atoms with E-state index in [1.54, 1.807) is 29.2 Å². The third-order valence-electron chi connectivity index (χ3n) is 4.13. The number of rotatable bonds is 2. The number of fused-ring (bicyclic) bond motifs is 1. The molecule has 21 heavy (non-hydrogen) atoms. The number of nitrogens with zero attached hydrogens (tertiary/aromatic N) is 2. The summed E-state index contributed by atoms with van der Waals surface area (Å²) in [5.74, 6) is 0.368. The van der Waals surface area contributed by atoms with Gasteiger partial charge in [0, 0.05) is 18.5 Å². The van der Waals surface area contributed by atoms with Crippen LogP contribution < -0.4 is 11.3 Å². The Hall–Kier alpha value is -2.21. The van der Waals surface area contributed by atoms with Gasteiger partial charge < -0.3 is 10.6 Å². The van der Waals surface area contributed by atoms with Crippen LogP contribution in [0.2, 0.25) is 0 Å². The van der Waals surface area contributed by atoms with E-state index in [0.29, 0.717) is 42.0 Å². The number of hydrogen-bond donors (Lipinski definition) is 2. The molecule has 0 bridgehead atoms. The third-order valence-corrected chi connectivity index (χ3v) is 4.13. The summed E-state index contributed by atoms with van der Waals surface area (Å²) in [6.45, 7) is 2.05. The number of nitrogens with two attached hydrogens (primary N) is 1. The molecule has 0 atom stereocenters. The van der Waals surface area contributed by atoms with Crippen LogP contribution in [0.25, 0.3) is 10.8 Å². The number of carbonyl (C=O) groups excluding carboxylic acids is 1. The molecular formula is C15H18N4O2. The van der Waals surface area contributed by atoms with Gasteiger partial charge in [0.25, 0.3) is 11.5 Å². The Morgan fingerprint density at radius 1 is 1.29 bits per heavy atom. The molecule has 2 heterocycles. The minimum Gasteiger partial charge on any atom is -0.337 e. The molecule has 2 aromatic rings. The molecule has 1 aliphatic heterocycles. The van der Waals surface area contributed by atoms with Crippen LogP contribution in [-0.2, 0) is 0 Å². The molecule has 1 fully saturated rings. The maximum absolute atomic E-state index is 12.6. The summed E-state index contributed by atoms with van der Waals surface area (Å²) in [6, 6.07) is 7.05. The zero-order chi connectivity index (χ0) is 14.8. The standard InChI is InChI=1S/C15H18N4O2/c16-9-10-5-7-19(8-6-10)15(21)13-11-3-1-2-4-12(11)14(20)18-17-13/h1-4,10H,5-9,16H2,(H,18,20). The molecule has 1 aromatic heterocycles. The number of H-pyrrole nitrogens is 1. The quantitative estimate of drug-likeness (QED) is 0.851. The van der Waals surface area contributed by atoms with Crippen molar-refractivity contribution in [3.8, 4) is 0 Å². The molecule has 0 radical (unpaired) electrons. The predicted molar refractivity (Wildman–Crippen MR) is 80.0 cm³/mol. The van der Waals surface area contributed by atoms with Crippen molar-refractivity contribution in [2.45, 2.75) is 12.8 Å². The summed E-state index contributed by atoms with van der Waals surface area (Å²) in [5, 5.41) is 7.47. The lowest BCUT2D eigenvalue weighted by Gasteiger charge is -2.31. The first kappa shape index (κ1) is 13.8. The molecule has 110 valence electrons. The number of amides is 1. The van der Waals surface area contributed by atoms with Gasteiger partial charge in [0.1, 0.15) is 0 Å². The van der Waals surface area contributed by atoms with Crippen molar-refractivity contribution in [3.05, 3.63) is 40.3 Å². The number of nitrogens with one attached hydrogen (secondary N) is 1. The van der Waals surface area contributed by atoms with E-state index in [0.717, 1.165) is 12.8 Å². The fraction of sp³-hybridized carbons (Fsp3) is 0.400. The van der Waals surface area contributed by atoms with Gasteiger partial charge in [-0.2, -0.15) is 5.10 Å². The molecule has 1 amide bonds. The van der Waals surface area contributed by atoms with Gasteiger partial charge in [-0.15, -0.1) is 0 Å². The zero-order valence-electron chi connectivity index (χ0n) is 11.7. The Balaban J connectivity index is 1.92. The summed E-state index contributed by atoms with van der Waals surface area (Å²) in [4.78, 5) is 26.2. The van der Waals surface area contributed by atoms with Crippen LogP contribution in [0.1, 0.15) is 23.3 Å². The monoisotopic (exact) mass is 286 g/mol. The largest absolute Gasteiger partial charge is 0.337 e. The number of piperidine rings is 1. The second-order valence-electron chi connectivity index (χ2n) is 5.42. The summed E-state index contributed by atoms with van der Waals surface area (Å²) in [5.41, 5.74) is 5.71. The van der Waals surface area contributed by atoms with E-state index in [1.165, 1.54) is 0 Å². The minimum atomic E-state index is -0.274. The van der Waals surface area contributed by atoms with Crippen LogP contribution in [0.3, 0.4) is 0 Å². The van der Waals surface area contributed by atoms with E-state index in [4.69, 9.17) is 5.73 Å². The Morgan fingerprint density at radius 2 is 1.95 bits per heavy atom. The van der Waals surface area contributed by atoms with E-state index in [9.17, 15) is 9.59 Å². The van der Waals surface area contributed by atoms with Crippen LogP contribution in [0, 0.1) is 5.92 Å². The van der Waals surface area contributed by atoms with Crippen molar-refractivity contribution in [1.82, 2.24) is 15.1 Å². The molecule has 6 heteroatoms. The molecule has 0 spiro atoms. The molecule has 1 saturated heterocycles. The van der Waals surface area contributed by atoms with Crippen molar-refractivity contribution in [1.29, 1.82) is 0 Å². The predicted octanol–water partition coefficient (Wildman–Crippen LogP) is 0.734. The van der Waals surface area contributed by atoms with Crippen molar-refractivity contribution in [3.63, 3.8) is 0 Å². The first-order valence-electron chi connectivity index (χ1n) is 7.17. The van der Waals surface area contributed by atoms with Gasteiger partial charge in [0.15, 0.2) is 5.69 Å². The number of benzene rings is 1. The van der Waals surface area contributed by atoms with Crippen molar-refractivity contribution in [2.24, 2.45) is 11.7 Å². The summed E-state index contributed by atoms with van der Waals surface area (Å²) in [6.07, 6.45) is 1.84. The maximum Gasteiger partial charge on any atom is 0.274 e. The lowest BCUT2D eigenvalue weighted by molar-refractivity contribution is 0.0688. The van der Waals surface area contributed by atoms with Crippen LogP contribution >= 0.6 is 0 Å². The van der Waals surface area contributed by atoms with Gasteiger partial charge in [0.05, 0.1) is 5.39 Å². The van der Waals surface area contributed by atoms with Crippen molar-refractivity contribution >= 4 is 16.7 Å². The molecule has 0 aliphatic carbocycles. The molecular weight excluding hydrogens is 268 g/mol. The number of aromatic nitrogens is 2. The van der Waals surface area contributed by atoms with E-state index in [-0.39, 0.29) is 11.5 Å². The number of carbonyl (C=O) groups is 1. The average molecular weight is 286 g/mol. The van der Waals surface area contributed by atoms with Gasteiger partial charge >= 0.3 is 0 Å². The van der Waals surface area contributed by atoms with Gasteiger partial charge in [0.2, 0.25) is 0 Å². The van der Waals surface area contributed by atoms with E-state index in [1.807, 2.05) is 0 Å². The SMILES string of the molecule is NCC1CCN(C(=O)c2n[nH]c(=O)c3ccccc23)CC1. The van der Waals surface area contributed by atoms with Gasteiger partial charge in [-0.25, -0.2) is 5.10 Å². The fourth-order valence-electron chi connectivity index (χ4n) is 2.80. The van der Waals surface area contributed by atoms with Gasteiger partial charge in [-0.05, 0) is 31.4 Å². The third kappa shape index (κ3) is 2.54. The Morgan fingerprint density at radius 3 is 2.62 bits per heavy atom. The highest BCUT2D eigenvalue weighted by atomic mass is 16.2. The van der Waals surface area contributed by atoms with Gasteiger partial charge in [-0.1, -0.05) is 18.2 Å². The number of likely N-dealkylation sites (tertiary alicyclic amines) is 1. The topological polar surface area (TPSA) is 92.1 Å². The summed E-state index contributed by atoms with van der Waals surface area (Å²) in [7, 11) is 0. The highest BCUT2D eigenvalue weighted by Gasteiger charge is 2.25. The first-order valence-corrected chi connectivity index (χ1v) is 7.17. The molecule has 1 aliphatic rings. The molecule has 6 nitrogen and oxygen atoms in total. The van der Waals surface area contributed by atoms with Gasteiger partial charge in [-0.3, -0.25) is 9.59 Å². The molecule has 3 N–H and O–H groups in total.